The van der Waals surface area contributed by atoms with Crippen LogP contribution in [-0.2, 0) is 4.79 Å². The lowest BCUT2D eigenvalue weighted by molar-refractivity contribution is -0.114. The standard InChI is InChI=1S/C19H23N3O2/c1-13-7-8-16-17(19(24)22-9-5-3-4-6-10-22)11-15(21-14(2)23)12-18(16)20-13/h7-8,11-12H,3-6,9-10H2,1-2H3,(H,21,23). The summed E-state index contributed by atoms with van der Waals surface area (Å²) in [6.45, 7) is 4.97. The van der Waals surface area contributed by atoms with E-state index in [9.17, 15) is 9.59 Å². The van der Waals surface area contributed by atoms with Crippen LogP contribution in [0.4, 0.5) is 5.69 Å². The summed E-state index contributed by atoms with van der Waals surface area (Å²) in [5.74, 6) is -0.130. The average Bonchev–Trinajstić information content (AvgIpc) is 2.81. The van der Waals surface area contributed by atoms with Gasteiger partial charge >= 0.3 is 0 Å². The minimum atomic E-state index is -0.157. The molecule has 0 radical (unpaired) electrons. The maximum atomic E-state index is 13.1. The van der Waals surface area contributed by atoms with Crippen molar-refractivity contribution in [1.29, 1.82) is 0 Å². The molecule has 0 atom stereocenters. The van der Waals surface area contributed by atoms with E-state index >= 15 is 0 Å². The molecule has 0 bridgehead atoms. The first kappa shape index (κ1) is 16.4. The Kier molecular flexibility index (Phi) is 4.79. The number of nitrogens with zero attached hydrogens (tertiary/aromatic N) is 2. The molecule has 24 heavy (non-hydrogen) atoms. The van der Waals surface area contributed by atoms with Crippen molar-refractivity contribution in [3.05, 3.63) is 35.5 Å². The van der Waals surface area contributed by atoms with Crippen LogP contribution in [0, 0.1) is 6.92 Å². The smallest absolute Gasteiger partial charge is 0.254 e. The van der Waals surface area contributed by atoms with E-state index in [2.05, 4.69) is 10.3 Å². The molecule has 2 amide bonds. The number of benzene rings is 1. The van der Waals surface area contributed by atoms with Crippen molar-refractivity contribution in [3.63, 3.8) is 0 Å². The Morgan fingerprint density at radius 1 is 1.08 bits per heavy atom. The third kappa shape index (κ3) is 3.55. The van der Waals surface area contributed by atoms with Crippen LogP contribution >= 0.6 is 0 Å². The van der Waals surface area contributed by atoms with Crippen LogP contribution in [0.5, 0.6) is 0 Å². The average molecular weight is 325 g/mol. The molecule has 5 nitrogen and oxygen atoms in total. The molecule has 1 aromatic heterocycles. The number of hydrogen-bond acceptors (Lipinski definition) is 3. The molecule has 5 heteroatoms. The molecular formula is C19H23N3O2. The second kappa shape index (κ2) is 6.99. The summed E-state index contributed by atoms with van der Waals surface area (Å²) < 4.78 is 0. The van der Waals surface area contributed by atoms with Gasteiger partial charge in [-0.1, -0.05) is 18.9 Å². The summed E-state index contributed by atoms with van der Waals surface area (Å²) in [7, 11) is 0. The van der Waals surface area contributed by atoms with Crippen molar-refractivity contribution in [2.45, 2.75) is 39.5 Å². The Labute approximate surface area is 142 Å². The zero-order chi connectivity index (χ0) is 17.1. The fourth-order valence-corrected chi connectivity index (χ4v) is 3.23. The fourth-order valence-electron chi connectivity index (χ4n) is 3.23. The van der Waals surface area contributed by atoms with Gasteiger partial charge in [-0.05, 0) is 38.0 Å². The number of fused-ring (bicyclic) bond motifs is 1. The molecule has 1 N–H and O–H groups in total. The lowest BCUT2D eigenvalue weighted by atomic mass is 10.0. The van der Waals surface area contributed by atoms with E-state index in [4.69, 9.17) is 0 Å². The summed E-state index contributed by atoms with van der Waals surface area (Å²) >= 11 is 0. The van der Waals surface area contributed by atoms with Gasteiger partial charge in [-0.3, -0.25) is 14.6 Å². The van der Waals surface area contributed by atoms with Crippen LogP contribution in [0.2, 0.25) is 0 Å². The highest BCUT2D eigenvalue weighted by molar-refractivity contribution is 6.08. The van der Waals surface area contributed by atoms with Gasteiger partial charge in [0.25, 0.3) is 5.91 Å². The predicted molar refractivity (Wildman–Crippen MR) is 95.2 cm³/mol. The van der Waals surface area contributed by atoms with Crippen LogP contribution in [0.25, 0.3) is 10.9 Å². The highest BCUT2D eigenvalue weighted by Gasteiger charge is 2.20. The van der Waals surface area contributed by atoms with Crippen LogP contribution in [0.1, 0.15) is 48.7 Å². The number of anilines is 1. The Balaban J connectivity index is 2.06. The molecular weight excluding hydrogens is 302 g/mol. The number of hydrogen-bond donors (Lipinski definition) is 1. The van der Waals surface area contributed by atoms with Gasteiger partial charge in [0.1, 0.15) is 0 Å². The number of pyridine rings is 1. The molecule has 0 unspecified atom stereocenters. The van der Waals surface area contributed by atoms with E-state index < -0.39 is 0 Å². The molecule has 1 fully saturated rings. The van der Waals surface area contributed by atoms with Gasteiger partial charge < -0.3 is 10.2 Å². The van der Waals surface area contributed by atoms with E-state index in [1.807, 2.05) is 30.0 Å². The number of aromatic nitrogens is 1. The molecule has 1 aromatic carbocycles. The second-order valence-corrected chi connectivity index (χ2v) is 6.43. The summed E-state index contributed by atoms with van der Waals surface area (Å²) in [6.07, 6.45) is 4.45. The Hall–Kier alpha value is -2.43. The minimum Gasteiger partial charge on any atom is -0.339 e. The molecule has 2 heterocycles. The normalized spacial score (nSPS) is 15.2. The molecule has 3 rings (SSSR count). The van der Waals surface area contributed by atoms with Gasteiger partial charge in [0.15, 0.2) is 0 Å². The van der Waals surface area contributed by atoms with Crippen molar-refractivity contribution >= 4 is 28.4 Å². The van der Waals surface area contributed by atoms with Gasteiger partial charge in [-0.15, -0.1) is 0 Å². The summed E-state index contributed by atoms with van der Waals surface area (Å²) in [5, 5.41) is 3.61. The number of aryl methyl sites for hydroxylation is 1. The van der Waals surface area contributed by atoms with E-state index in [-0.39, 0.29) is 11.8 Å². The molecule has 2 aromatic rings. The van der Waals surface area contributed by atoms with Crippen LogP contribution in [-0.4, -0.2) is 34.8 Å². The third-order valence-electron chi connectivity index (χ3n) is 4.39. The van der Waals surface area contributed by atoms with Gasteiger partial charge in [0.05, 0.1) is 11.1 Å². The quantitative estimate of drug-likeness (QED) is 0.919. The van der Waals surface area contributed by atoms with Gasteiger partial charge in [0.2, 0.25) is 5.91 Å². The number of nitrogens with one attached hydrogen (secondary N) is 1. The van der Waals surface area contributed by atoms with Gasteiger partial charge in [0, 0.05) is 36.8 Å². The Morgan fingerprint density at radius 3 is 2.46 bits per heavy atom. The lowest BCUT2D eigenvalue weighted by Crippen LogP contribution is -2.32. The zero-order valence-electron chi connectivity index (χ0n) is 14.3. The van der Waals surface area contributed by atoms with Crippen molar-refractivity contribution in [2.24, 2.45) is 0 Å². The molecule has 1 aliphatic heterocycles. The third-order valence-corrected chi connectivity index (χ3v) is 4.39. The SMILES string of the molecule is CC(=O)Nc1cc(C(=O)N2CCCCCC2)c2ccc(C)nc2c1. The monoisotopic (exact) mass is 325 g/mol. The minimum absolute atomic E-state index is 0.0276. The largest absolute Gasteiger partial charge is 0.339 e. The topological polar surface area (TPSA) is 62.3 Å². The first-order chi connectivity index (χ1) is 11.5. The fraction of sp³-hybridized carbons (Fsp3) is 0.421. The number of carbonyl (C=O) groups is 2. The van der Waals surface area contributed by atoms with Crippen molar-refractivity contribution < 1.29 is 9.59 Å². The Bertz CT molecular complexity index is 778. The number of carbonyl (C=O) groups excluding carboxylic acids is 2. The molecule has 1 aliphatic rings. The van der Waals surface area contributed by atoms with Crippen molar-refractivity contribution in [3.8, 4) is 0 Å². The van der Waals surface area contributed by atoms with Crippen molar-refractivity contribution in [2.75, 3.05) is 18.4 Å². The first-order valence-electron chi connectivity index (χ1n) is 8.53. The van der Waals surface area contributed by atoms with Gasteiger partial charge in [-0.2, -0.15) is 0 Å². The Morgan fingerprint density at radius 2 is 1.79 bits per heavy atom. The van der Waals surface area contributed by atoms with E-state index in [1.54, 1.807) is 6.07 Å². The zero-order valence-corrected chi connectivity index (χ0v) is 14.3. The maximum absolute atomic E-state index is 13.1. The van der Waals surface area contributed by atoms with Crippen LogP contribution in [0.15, 0.2) is 24.3 Å². The van der Waals surface area contributed by atoms with Crippen molar-refractivity contribution in [1.82, 2.24) is 9.88 Å². The lowest BCUT2D eigenvalue weighted by Gasteiger charge is -2.21. The summed E-state index contributed by atoms with van der Waals surface area (Å²) in [6, 6.07) is 7.46. The van der Waals surface area contributed by atoms with Crippen LogP contribution in [0.3, 0.4) is 0 Å². The van der Waals surface area contributed by atoms with E-state index in [1.165, 1.54) is 19.8 Å². The van der Waals surface area contributed by atoms with Crippen LogP contribution < -0.4 is 5.32 Å². The van der Waals surface area contributed by atoms with E-state index in [0.717, 1.165) is 42.5 Å². The predicted octanol–water partition coefficient (Wildman–Crippen LogP) is 3.52. The molecule has 0 saturated carbocycles. The number of likely N-dealkylation sites (tertiary alicyclic amines) is 1. The highest BCUT2D eigenvalue weighted by Crippen LogP contribution is 2.25. The summed E-state index contributed by atoms with van der Waals surface area (Å²) in [4.78, 5) is 31.0. The van der Waals surface area contributed by atoms with Gasteiger partial charge in [-0.25, -0.2) is 0 Å². The molecule has 0 aliphatic carbocycles. The molecule has 0 spiro atoms. The highest BCUT2D eigenvalue weighted by atomic mass is 16.2. The number of rotatable bonds is 2. The van der Waals surface area contributed by atoms with E-state index in [0.29, 0.717) is 11.3 Å². The molecule has 1 saturated heterocycles. The number of amides is 2. The summed E-state index contributed by atoms with van der Waals surface area (Å²) in [5.41, 5.74) is 2.85. The first-order valence-corrected chi connectivity index (χ1v) is 8.53. The maximum Gasteiger partial charge on any atom is 0.254 e. The molecule has 126 valence electrons. The second-order valence-electron chi connectivity index (χ2n) is 6.43.